The molecule has 1 aliphatic rings. The molecule has 8 heavy (non-hydrogen) atoms. The van der Waals surface area contributed by atoms with E-state index in [0.717, 1.165) is 12.5 Å². The fourth-order valence-electron chi connectivity index (χ4n) is 1.27. The maximum absolute atomic E-state index is 5.39. The monoisotopic (exact) mass is 113 g/mol. The van der Waals surface area contributed by atoms with E-state index in [4.69, 9.17) is 5.73 Å². The molecule has 1 heteroatoms. The zero-order valence-electron chi connectivity index (χ0n) is 5.78. The first-order chi connectivity index (χ1) is 3.67. The summed E-state index contributed by atoms with van der Waals surface area (Å²) in [6.45, 7) is 5.49. The van der Waals surface area contributed by atoms with Gasteiger partial charge in [-0.15, -0.1) is 0 Å². The van der Waals surface area contributed by atoms with Crippen molar-refractivity contribution in [2.75, 3.05) is 6.54 Å². The molecule has 1 unspecified atom stereocenters. The minimum atomic E-state index is 0.638. The Labute approximate surface area is 51.3 Å². The van der Waals surface area contributed by atoms with Gasteiger partial charge in [0.25, 0.3) is 0 Å². The van der Waals surface area contributed by atoms with E-state index in [0.29, 0.717) is 5.41 Å². The van der Waals surface area contributed by atoms with Gasteiger partial charge in [-0.3, -0.25) is 0 Å². The Kier molecular flexibility index (Phi) is 1.31. The normalized spacial score (nSPS) is 32.6. The molecule has 1 rings (SSSR count). The van der Waals surface area contributed by atoms with Gasteiger partial charge in [0.05, 0.1) is 0 Å². The molecule has 2 N–H and O–H groups in total. The van der Waals surface area contributed by atoms with Crippen molar-refractivity contribution in [2.45, 2.75) is 26.7 Å². The van der Waals surface area contributed by atoms with Crippen LogP contribution in [-0.2, 0) is 0 Å². The van der Waals surface area contributed by atoms with Gasteiger partial charge in [-0.05, 0) is 30.7 Å². The third kappa shape index (κ3) is 1.03. The summed E-state index contributed by atoms with van der Waals surface area (Å²) in [4.78, 5) is 0. The zero-order valence-corrected chi connectivity index (χ0v) is 5.78. The Balaban J connectivity index is 2.17. The molecule has 0 amide bonds. The van der Waals surface area contributed by atoms with E-state index in [1.54, 1.807) is 0 Å². The van der Waals surface area contributed by atoms with Crippen molar-refractivity contribution >= 4 is 0 Å². The SMILES string of the molecule is CC1(C)CC1CCN. The summed E-state index contributed by atoms with van der Waals surface area (Å²) in [7, 11) is 0. The predicted molar refractivity (Wildman–Crippen MR) is 35.6 cm³/mol. The first-order valence-corrected chi connectivity index (χ1v) is 3.37. The summed E-state index contributed by atoms with van der Waals surface area (Å²) in [5, 5.41) is 0. The van der Waals surface area contributed by atoms with E-state index < -0.39 is 0 Å². The molecule has 0 aromatic heterocycles. The highest BCUT2D eigenvalue weighted by atomic mass is 14.6. The van der Waals surface area contributed by atoms with E-state index in [1.165, 1.54) is 12.8 Å². The van der Waals surface area contributed by atoms with E-state index in [2.05, 4.69) is 13.8 Å². The van der Waals surface area contributed by atoms with Crippen LogP contribution >= 0.6 is 0 Å². The van der Waals surface area contributed by atoms with Crippen molar-refractivity contribution in [2.24, 2.45) is 17.1 Å². The smallest absolute Gasteiger partial charge is 0.00744 e. The highest BCUT2D eigenvalue weighted by Crippen LogP contribution is 2.53. The second-order valence-electron chi connectivity index (χ2n) is 3.47. The maximum atomic E-state index is 5.39. The highest BCUT2D eigenvalue weighted by molar-refractivity contribution is 4.94. The molecule has 1 nitrogen and oxygen atoms in total. The van der Waals surface area contributed by atoms with Crippen LogP contribution in [0.3, 0.4) is 0 Å². The van der Waals surface area contributed by atoms with E-state index in [9.17, 15) is 0 Å². The van der Waals surface area contributed by atoms with E-state index in [-0.39, 0.29) is 0 Å². The number of hydrogen-bond acceptors (Lipinski definition) is 1. The Morgan fingerprint density at radius 3 is 2.25 bits per heavy atom. The Bertz CT molecular complexity index is 86.4. The summed E-state index contributed by atoms with van der Waals surface area (Å²) >= 11 is 0. The summed E-state index contributed by atoms with van der Waals surface area (Å²) in [5.41, 5.74) is 6.03. The van der Waals surface area contributed by atoms with Crippen LogP contribution in [-0.4, -0.2) is 6.54 Å². The number of rotatable bonds is 2. The third-order valence-electron chi connectivity index (χ3n) is 2.23. The first-order valence-electron chi connectivity index (χ1n) is 3.37. The molecule has 48 valence electrons. The molecule has 0 bridgehead atoms. The van der Waals surface area contributed by atoms with Gasteiger partial charge in [-0.1, -0.05) is 13.8 Å². The van der Waals surface area contributed by atoms with Crippen molar-refractivity contribution in [3.63, 3.8) is 0 Å². The fraction of sp³-hybridized carbons (Fsp3) is 1.00. The molecule has 0 aromatic rings. The van der Waals surface area contributed by atoms with Gasteiger partial charge in [0, 0.05) is 0 Å². The minimum absolute atomic E-state index is 0.638. The molecule has 0 spiro atoms. The average molecular weight is 113 g/mol. The molecule has 0 radical (unpaired) electrons. The predicted octanol–water partition coefficient (Wildman–Crippen LogP) is 1.38. The van der Waals surface area contributed by atoms with E-state index in [1.807, 2.05) is 0 Å². The van der Waals surface area contributed by atoms with Crippen LogP contribution < -0.4 is 5.73 Å². The molecular weight excluding hydrogens is 98.1 g/mol. The molecule has 0 heterocycles. The van der Waals surface area contributed by atoms with Gasteiger partial charge < -0.3 is 5.73 Å². The Hall–Kier alpha value is -0.0400. The lowest BCUT2D eigenvalue weighted by Gasteiger charge is -1.98. The number of hydrogen-bond donors (Lipinski definition) is 1. The first kappa shape index (κ1) is 6.09. The average Bonchev–Trinajstić information content (AvgIpc) is 2.15. The van der Waals surface area contributed by atoms with Gasteiger partial charge in [0.15, 0.2) is 0 Å². The van der Waals surface area contributed by atoms with Gasteiger partial charge in [-0.25, -0.2) is 0 Å². The van der Waals surface area contributed by atoms with Gasteiger partial charge in [-0.2, -0.15) is 0 Å². The molecule has 0 aromatic carbocycles. The van der Waals surface area contributed by atoms with Crippen LogP contribution in [0.15, 0.2) is 0 Å². The standard InChI is InChI=1S/C7H15N/c1-7(2)5-6(7)3-4-8/h6H,3-5,8H2,1-2H3. The van der Waals surface area contributed by atoms with Gasteiger partial charge in [0.1, 0.15) is 0 Å². The largest absolute Gasteiger partial charge is 0.330 e. The quantitative estimate of drug-likeness (QED) is 0.575. The van der Waals surface area contributed by atoms with Crippen molar-refractivity contribution in [3.05, 3.63) is 0 Å². The topological polar surface area (TPSA) is 26.0 Å². The van der Waals surface area contributed by atoms with Crippen LogP contribution in [0.5, 0.6) is 0 Å². The Morgan fingerprint density at radius 2 is 2.12 bits per heavy atom. The summed E-state index contributed by atoms with van der Waals surface area (Å²) in [6.07, 6.45) is 2.62. The lowest BCUT2D eigenvalue weighted by molar-refractivity contribution is 0.537. The zero-order chi connectivity index (χ0) is 6.20. The van der Waals surface area contributed by atoms with Crippen LogP contribution in [0.2, 0.25) is 0 Å². The fourth-order valence-corrected chi connectivity index (χ4v) is 1.27. The van der Waals surface area contributed by atoms with E-state index >= 15 is 0 Å². The summed E-state index contributed by atoms with van der Waals surface area (Å²) in [6, 6.07) is 0. The maximum Gasteiger partial charge on any atom is -0.00744 e. The third-order valence-corrected chi connectivity index (χ3v) is 2.23. The van der Waals surface area contributed by atoms with Gasteiger partial charge >= 0.3 is 0 Å². The van der Waals surface area contributed by atoms with Crippen molar-refractivity contribution in [1.82, 2.24) is 0 Å². The summed E-state index contributed by atoms with van der Waals surface area (Å²) in [5.74, 6) is 0.937. The molecule has 1 aliphatic carbocycles. The van der Waals surface area contributed by atoms with Crippen molar-refractivity contribution < 1.29 is 0 Å². The number of nitrogens with two attached hydrogens (primary N) is 1. The molecular formula is C7H15N. The Morgan fingerprint density at radius 1 is 1.62 bits per heavy atom. The lowest BCUT2D eigenvalue weighted by Crippen LogP contribution is -2.01. The van der Waals surface area contributed by atoms with Gasteiger partial charge in [0.2, 0.25) is 0 Å². The summed E-state index contributed by atoms with van der Waals surface area (Å²) < 4.78 is 0. The molecule has 1 atom stereocenters. The highest BCUT2D eigenvalue weighted by Gasteiger charge is 2.44. The van der Waals surface area contributed by atoms with Crippen molar-refractivity contribution in [1.29, 1.82) is 0 Å². The van der Waals surface area contributed by atoms with Crippen LogP contribution in [0.1, 0.15) is 26.7 Å². The van der Waals surface area contributed by atoms with Crippen LogP contribution in [0, 0.1) is 11.3 Å². The van der Waals surface area contributed by atoms with Crippen LogP contribution in [0.25, 0.3) is 0 Å². The second-order valence-corrected chi connectivity index (χ2v) is 3.47. The second kappa shape index (κ2) is 1.73. The van der Waals surface area contributed by atoms with Crippen LogP contribution in [0.4, 0.5) is 0 Å². The molecule has 1 saturated carbocycles. The molecule has 0 saturated heterocycles. The lowest BCUT2D eigenvalue weighted by atomic mass is 10.1. The molecule has 1 fully saturated rings. The molecule has 0 aliphatic heterocycles. The minimum Gasteiger partial charge on any atom is -0.330 e. The van der Waals surface area contributed by atoms with Crippen molar-refractivity contribution in [3.8, 4) is 0 Å².